The zero-order chi connectivity index (χ0) is 17.7. The maximum Gasteiger partial charge on any atom is 0.411 e. The number of benzene rings is 1. The summed E-state index contributed by atoms with van der Waals surface area (Å²) in [5.41, 5.74) is -0.413. The first-order valence-corrected chi connectivity index (χ1v) is 8.55. The molecule has 3 fully saturated rings. The highest BCUT2D eigenvalue weighted by Crippen LogP contribution is 2.55. The van der Waals surface area contributed by atoms with Crippen molar-refractivity contribution >= 4 is 11.8 Å². The van der Waals surface area contributed by atoms with Crippen molar-refractivity contribution in [3.63, 3.8) is 0 Å². The highest BCUT2D eigenvalue weighted by atomic mass is 16.6. The van der Waals surface area contributed by atoms with Crippen LogP contribution in [0.4, 0.5) is 10.5 Å². The van der Waals surface area contributed by atoms with Crippen LogP contribution < -0.4 is 10.1 Å². The molecule has 136 valence electrons. The van der Waals surface area contributed by atoms with Crippen molar-refractivity contribution in [2.24, 2.45) is 0 Å². The zero-order valence-corrected chi connectivity index (χ0v) is 14.8. The van der Waals surface area contributed by atoms with E-state index in [2.05, 4.69) is 24.1 Å². The number of rotatable bonds is 4. The van der Waals surface area contributed by atoms with Crippen molar-refractivity contribution in [3.05, 3.63) is 24.3 Å². The molecule has 4 rings (SSSR count). The first-order valence-electron chi connectivity index (χ1n) is 8.55. The monoisotopic (exact) mass is 348 g/mol. The standard InChI is InChI=1S/C18H24N2O5/c1-16-8-9-17(2)20(16)18(11-24-16,12-25-17)10-23-15(21)19-13-4-6-14(22-3)7-5-13/h4-7H,8-12H2,1-3H3,(H,19,21). The second-order valence-corrected chi connectivity index (χ2v) is 7.42. The van der Waals surface area contributed by atoms with E-state index in [-0.39, 0.29) is 18.1 Å². The molecule has 1 amide bonds. The zero-order valence-electron chi connectivity index (χ0n) is 14.8. The summed E-state index contributed by atoms with van der Waals surface area (Å²) in [6.07, 6.45) is 1.35. The van der Waals surface area contributed by atoms with Crippen LogP contribution in [0.5, 0.6) is 5.75 Å². The SMILES string of the molecule is COc1ccc(NC(=O)OCC23COC4(C)CCC(C)(OC2)N34)cc1. The van der Waals surface area contributed by atoms with E-state index < -0.39 is 11.6 Å². The smallest absolute Gasteiger partial charge is 0.411 e. The molecule has 3 aliphatic rings. The van der Waals surface area contributed by atoms with Gasteiger partial charge in [-0.1, -0.05) is 0 Å². The van der Waals surface area contributed by atoms with E-state index in [9.17, 15) is 4.79 Å². The number of amides is 1. The summed E-state index contributed by atoms with van der Waals surface area (Å²) in [5, 5.41) is 2.73. The fourth-order valence-corrected chi connectivity index (χ4v) is 4.39. The topological polar surface area (TPSA) is 69.3 Å². The van der Waals surface area contributed by atoms with Crippen molar-refractivity contribution in [1.82, 2.24) is 4.90 Å². The van der Waals surface area contributed by atoms with Crippen LogP contribution in [0.15, 0.2) is 24.3 Å². The number of carbonyl (C=O) groups is 1. The summed E-state index contributed by atoms with van der Waals surface area (Å²) >= 11 is 0. The predicted molar refractivity (Wildman–Crippen MR) is 90.5 cm³/mol. The van der Waals surface area contributed by atoms with E-state index in [0.29, 0.717) is 18.9 Å². The number of nitrogens with one attached hydrogen (secondary N) is 1. The van der Waals surface area contributed by atoms with Gasteiger partial charge >= 0.3 is 6.09 Å². The van der Waals surface area contributed by atoms with Crippen LogP contribution in [0.3, 0.4) is 0 Å². The number of ether oxygens (including phenoxy) is 4. The van der Waals surface area contributed by atoms with Crippen molar-refractivity contribution < 1.29 is 23.7 Å². The molecule has 7 heteroatoms. The molecule has 0 saturated carbocycles. The van der Waals surface area contributed by atoms with Crippen LogP contribution in [0.2, 0.25) is 0 Å². The van der Waals surface area contributed by atoms with Gasteiger partial charge in [-0.3, -0.25) is 5.32 Å². The summed E-state index contributed by atoms with van der Waals surface area (Å²) in [7, 11) is 1.60. The fraction of sp³-hybridized carbons (Fsp3) is 0.611. The highest BCUT2D eigenvalue weighted by molar-refractivity contribution is 5.84. The average molecular weight is 348 g/mol. The second-order valence-electron chi connectivity index (χ2n) is 7.42. The van der Waals surface area contributed by atoms with E-state index in [1.165, 1.54) is 0 Å². The minimum Gasteiger partial charge on any atom is -0.497 e. The minimum atomic E-state index is -0.485. The molecule has 0 bridgehead atoms. The van der Waals surface area contributed by atoms with Gasteiger partial charge in [-0.2, -0.15) is 0 Å². The Morgan fingerprint density at radius 3 is 2.32 bits per heavy atom. The molecule has 1 aromatic rings. The summed E-state index contributed by atoms with van der Waals surface area (Å²) in [4.78, 5) is 14.5. The summed E-state index contributed by atoms with van der Waals surface area (Å²) in [6, 6.07) is 7.10. The molecule has 2 atom stereocenters. The Labute approximate surface area is 147 Å². The molecular formula is C18H24N2O5. The van der Waals surface area contributed by atoms with E-state index in [1.807, 2.05) is 0 Å². The second kappa shape index (κ2) is 5.59. The lowest BCUT2D eigenvalue weighted by atomic mass is 10.0. The average Bonchev–Trinajstić information content (AvgIpc) is 3.18. The van der Waals surface area contributed by atoms with Crippen molar-refractivity contribution in [1.29, 1.82) is 0 Å². The van der Waals surface area contributed by atoms with Gasteiger partial charge in [0.2, 0.25) is 0 Å². The van der Waals surface area contributed by atoms with Gasteiger partial charge in [-0.25, -0.2) is 9.69 Å². The van der Waals surface area contributed by atoms with Gasteiger partial charge in [0, 0.05) is 5.69 Å². The molecule has 1 aromatic carbocycles. The molecule has 3 heterocycles. The first-order chi connectivity index (χ1) is 11.9. The summed E-state index contributed by atoms with van der Waals surface area (Å²) < 4.78 is 22.8. The number of hydrogen-bond acceptors (Lipinski definition) is 6. The molecule has 3 saturated heterocycles. The molecule has 0 aromatic heterocycles. The van der Waals surface area contributed by atoms with Gasteiger partial charge in [0.1, 0.15) is 29.3 Å². The third kappa shape index (κ3) is 2.58. The van der Waals surface area contributed by atoms with Crippen LogP contribution in [-0.2, 0) is 14.2 Å². The first kappa shape index (κ1) is 16.6. The van der Waals surface area contributed by atoms with Gasteiger partial charge in [0.05, 0.1) is 20.3 Å². The van der Waals surface area contributed by atoms with E-state index in [4.69, 9.17) is 18.9 Å². The van der Waals surface area contributed by atoms with Crippen LogP contribution in [-0.4, -0.2) is 54.9 Å². The highest BCUT2D eigenvalue weighted by Gasteiger charge is 2.69. The lowest BCUT2D eigenvalue weighted by Gasteiger charge is -2.37. The molecule has 0 spiro atoms. The number of nitrogens with zero attached hydrogens (tertiary/aromatic N) is 1. The quantitative estimate of drug-likeness (QED) is 0.902. The summed E-state index contributed by atoms with van der Waals surface area (Å²) in [6.45, 7) is 5.43. The van der Waals surface area contributed by atoms with E-state index in [0.717, 1.165) is 18.6 Å². The van der Waals surface area contributed by atoms with E-state index in [1.54, 1.807) is 31.4 Å². The fourth-order valence-electron chi connectivity index (χ4n) is 4.39. The molecular weight excluding hydrogens is 324 g/mol. The van der Waals surface area contributed by atoms with Crippen LogP contribution in [0, 0.1) is 0 Å². The van der Waals surface area contributed by atoms with Crippen LogP contribution >= 0.6 is 0 Å². The van der Waals surface area contributed by atoms with Crippen molar-refractivity contribution in [3.8, 4) is 5.75 Å². The molecule has 0 radical (unpaired) electrons. The van der Waals surface area contributed by atoms with Gasteiger partial charge < -0.3 is 18.9 Å². The Morgan fingerprint density at radius 1 is 1.16 bits per heavy atom. The Balaban J connectivity index is 1.40. The minimum absolute atomic E-state index is 0.236. The number of anilines is 1. The number of methoxy groups -OCH3 is 1. The molecule has 7 nitrogen and oxygen atoms in total. The normalized spacial score (nSPS) is 36.3. The van der Waals surface area contributed by atoms with Crippen molar-refractivity contribution in [2.45, 2.75) is 43.7 Å². The largest absolute Gasteiger partial charge is 0.497 e. The van der Waals surface area contributed by atoms with Crippen LogP contribution in [0.1, 0.15) is 26.7 Å². The lowest BCUT2D eigenvalue weighted by Crippen LogP contribution is -2.56. The Kier molecular flexibility index (Phi) is 3.72. The van der Waals surface area contributed by atoms with Crippen molar-refractivity contribution in [2.75, 3.05) is 32.2 Å². The molecule has 3 aliphatic heterocycles. The van der Waals surface area contributed by atoms with Gasteiger partial charge in [0.25, 0.3) is 0 Å². The third-order valence-corrected chi connectivity index (χ3v) is 5.59. The molecule has 0 aliphatic carbocycles. The van der Waals surface area contributed by atoms with Gasteiger partial charge in [-0.15, -0.1) is 0 Å². The maximum atomic E-state index is 12.2. The Bertz CT molecular complexity index is 657. The Morgan fingerprint density at radius 2 is 1.76 bits per heavy atom. The maximum absolute atomic E-state index is 12.2. The number of hydrogen-bond donors (Lipinski definition) is 1. The number of carbonyl (C=O) groups excluding carboxylic acids is 1. The molecule has 25 heavy (non-hydrogen) atoms. The molecule has 2 unspecified atom stereocenters. The van der Waals surface area contributed by atoms with Crippen LogP contribution in [0.25, 0.3) is 0 Å². The third-order valence-electron chi connectivity index (χ3n) is 5.59. The van der Waals surface area contributed by atoms with E-state index >= 15 is 0 Å². The molecule has 1 N–H and O–H groups in total. The predicted octanol–water partition coefficient (Wildman–Crippen LogP) is 2.57. The summed E-state index contributed by atoms with van der Waals surface area (Å²) in [5.74, 6) is 0.733. The Hall–Kier alpha value is -1.83. The lowest BCUT2D eigenvalue weighted by molar-refractivity contribution is -0.125. The van der Waals surface area contributed by atoms with Gasteiger partial charge in [-0.05, 0) is 51.0 Å². The van der Waals surface area contributed by atoms with Gasteiger partial charge in [0.15, 0.2) is 0 Å².